The Kier molecular flexibility index (Phi) is 5.59. The maximum absolute atomic E-state index is 11.7. The first-order chi connectivity index (χ1) is 8.13. The fourth-order valence-electron chi connectivity index (χ4n) is 1.45. The molecule has 0 aliphatic carbocycles. The highest BCUT2D eigenvalue weighted by Gasteiger charge is 2.12. The standard InChI is InChI=1S/C12H20N4O/c1-15(2)7-8-16(12(17)9-13)10-11-3-5-14-6-4-11/h3-6H,7-10,13H2,1-2H3. The van der Waals surface area contributed by atoms with Gasteiger partial charge in [-0.15, -0.1) is 0 Å². The molecule has 0 fully saturated rings. The molecule has 0 atom stereocenters. The molecule has 0 saturated heterocycles. The van der Waals surface area contributed by atoms with E-state index in [1.54, 1.807) is 17.3 Å². The summed E-state index contributed by atoms with van der Waals surface area (Å²) in [6, 6.07) is 3.82. The Morgan fingerprint density at radius 3 is 2.47 bits per heavy atom. The smallest absolute Gasteiger partial charge is 0.236 e. The largest absolute Gasteiger partial charge is 0.336 e. The van der Waals surface area contributed by atoms with Crippen LogP contribution in [0.2, 0.25) is 0 Å². The van der Waals surface area contributed by atoms with Crippen LogP contribution in [0.5, 0.6) is 0 Å². The fourth-order valence-corrected chi connectivity index (χ4v) is 1.45. The molecule has 0 unspecified atom stereocenters. The van der Waals surface area contributed by atoms with Crippen molar-refractivity contribution in [2.45, 2.75) is 6.54 Å². The van der Waals surface area contributed by atoms with E-state index in [0.29, 0.717) is 13.1 Å². The van der Waals surface area contributed by atoms with Crippen molar-refractivity contribution in [3.05, 3.63) is 30.1 Å². The van der Waals surface area contributed by atoms with Crippen LogP contribution in [-0.4, -0.2) is 54.4 Å². The van der Waals surface area contributed by atoms with Gasteiger partial charge in [-0.1, -0.05) is 0 Å². The first kappa shape index (κ1) is 13.6. The Labute approximate surface area is 102 Å². The molecule has 1 rings (SSSR count). The van der Waals surface area contributed by atoms with Crippen molar-refractivity contribution in [1.29, 1.82) is 0 Å². The van der Waals surface area contributed by atoms with Gasteiger partial charge in [0.2, 0.25) is 5.91 Å². The van der Waals surface area contributed by atoms with Crippen molar-refractivity contribution in [3.63, 3.8) is 0 Å². The number of amides is 1. The van der Waals surface area contributed by atoms with Crippen molar-refractivity contribution in [1.82, 2.24) is 14.8 Å². The third-order valence-electron chi connectivity index (χ3n) is 2.47. The van der Waals surface area contributed by atoms with Crippen LogP contribution in [0.3, 0.4) is 0 Å². The molecule has 1 aromatic heterocycles. The molecular weight excluding hydrogens is 216 g/mol. The highest BCUT2D eigenvalue weighted by atomic mass is 16.2. The van der Waals surface area contributed by atoms with Crippen LogP contribution < -0.4 is 5.73 Å². The van der Waals surface area contributed by atoms with E-state index in [4.69, 9.17) is 5.73 Å². The molecule has 0 aromatic carbocycles. The van der Waals surface area contributed by atoms with E-state index in [2.05, 4.69) is 4.98 Å². The number of rotatable bonds is 6. The van der Waals surface area contributed by atoms with Crippen LogP contribution in [0.15, 0.2) is 24.5 Å². The molecule has 0 aliphatic heterocycles. The summed E-state index contributed by atoms with van der Waals surface area (Å²) in [5.74, 6) is -0.0244. The molecule has 0 spiro atoms. The third-order valence-corrected chi connectivity index (χ3v) is 2.47. The predicted octanol–water partition coefficient (Wildman–Crippen LogP) is -0.0695. The first-order valence-electron chi connectivity index (χ1n) is 5.65. The van der Waals surface area contributed by atoms with Crippen LogP contribution in [0.4, 0.5) is 0 Å². The van der Waals surface area contributed by atoms with Gasteiger partial charge < -0.3 is 15.5 Å². The Balaban J connectivity index is 2.60. The monoisotopic (exact) mass is 236 g/mol. The third kappa shape index (κ3) is 4.93. The molecule has 17 heavy (non-hydrogen) atoms. The second-order valence-corrected chi connectivity index (χ2v) is 4.18. The Morgan fingerprint density at radius 1 is 1.29 bits per heavy atom. The Morgan fingerprint density at radius 2 is 1.94 bits per heavy atom. The van der Waals surface area contributed by atoms with E-state index in [1.165, 1.54) is 0 Å². The van der Waals surface area contributed by atoms with Gasteiger partial charge in [0.05, 0.1) is 6.54 Å². The van der Waals surface area contributed by atoms with E-state index in [1.807, 2.05) is 31.1 Å². The van der Waals surface area contributed by atoms with E-state index < -0.39 is 0 Å². The van der Waals surface area contributed by atoms with Gasteiger partial charge in [-0.3, -0.25) is 9.78 Å². The zero-order chi connectivity index (χ0) is 12.7. The molecule has 0 saturated carbocycles. The van der Waals surface area contributed by atoms with Crippen molar-refractivity contribution in [2.24, 2.45) is 5.73 Å². The average molecular weight is 236 g/mol. The summed E-state index contributed by atoms with van der Waals surface area (Å²) in [5.41, 5.74) is 6.49. The lowest BCUT2D eigenvalue weighted by atomic mass is 10.2. The van der Waals surface area contributed by atoms with Gasteiger partial charge in [-0.05, 0) is 31.8 Å². The Bertz CT molecular complexity index is 340. The van der Waals surface area contributed by atoms with Crippen molar-refractivity contribution in [2.75, 3.05) is 33.7 Å². The Hall–Kier alpha value is -1.46. The van der Waals surface area contributed by atoms with E-state index in [9.17, 15) is 4.79 Å². The summed E-state index contributed by atoms with van der Waals surface area (Å²) < 4.78 is 0. The van der Waals surface area contributed by atoms with Gasteiger partial charge in [-0.2, -0.15) is 0 Å². The predicted molar refractivity (Wildman–Crippen MR) is 67.3 cm³/mol. The number of carbonyl (C=O) groups excluding carboxylic acids is 1. The minimum absolute atomic E-state index is 0.0244. The lowest BCUT2D eigenvalue weighted by Crippen LogP contribution is -2.39. The quantitative estimate of drug-likeness (QED) is 0.751. The van der Waals surface area contributed by atoms with Crippen molar-refractivity contribution < 1.29 is 4.79 Å². The molecule has 0 radical (unpaired) electrons. The summed E-state index contributed by atoms with van der Waals surface area (Å²) in [6.07, 6.45) is 3.46. The fraction of sp³-hybridized carbons (Fsp3) is 0.500. The van der Waals surface area contributed by atoms with E-state index in [0.717, 1.165) is 12.1 Å². The van der Waals surface area contributed by atoms with Crippen molar-refractivity contribution >= 4 is 5.91 Å². The average Bonchev–Trinajstić information content (AvgIpc) is 2.34. The summed E-state index contributed by atoms with van der Waals surface area (Å²) in [6.45, 7) is 2.16. The summed E-state index contributed by atoms with van der Waals surface area (Å²) in [5, 5.41) is 0. The summed E-state index contributed by atoms with van der Waals surface area (Å²) in [4.78, 5) is 19.5. The first-order valence-corrected chi connectivity index (χ1v) is 5.65. The normalized spacial score (nSPS) is 10.6. The van der Waals surface area contributed by atoms with Crippen LogP contribution in [0.25, 0.3) is 0 Å². The van der Waals surface area contributed by atoms with E-state index >= 15 is 0 Å². The van der Waals surface area contributed by atoms with Gasteiger partial charge in [-0.25, -0.2) is 0 Å². The maximum atomic E-state index is 11.7. The van der Waals surface area contributed by atoms with Gasteiger partial charge >= 0.3 is 0 Å². The van der Waals surface area contributed by atoms with E-state index in [-0.39, 0.29) is 12.5 Å². The molecule has 2 N–H and O–H groups in total. The van der Waals surface area contributed by atoms with Crippen LogP contribution in [-0.2, 0) is 11.3 Å². The zero-order valence-electron chi connectivity index (χ0n) is 10.5. The zero-order valence-corrected chi connectivity index (χ0v) is 10.5. The summed E-state index contributed by atoms with van der Waals surface area (Å²) in [7, 11) is 3.97. The van der Waals surface area contributed by atoms with Gasteiger partial charge in [0, 0.05) is 32.0 Å². The lowest BCUT2D eigenvalue weighted by Gasteiger charge is -2.24. The van der Waals surface area contributed by atoms with Crippen LogP contribution >= 0.6 is 0 Å². The summed E-state index contributed by atoms with van der Waals surface area (Å²) >= 11 is 0. The number of pyridine rings is 1. The number of nitrogens with two attached hydrogens (primary N) is 1. The molecule has 1 heterocycles. The topological polar surface area (TPSA) is 62.5 Å². The van der Waals surface area contributed by atoms with Crippen LogP contribution in [0.1, 0.15) is 5.56 Å². The molecule has 5 nitrogen and oxygen atoms in total. The van der Waals surface area contributed by atoms with Gasteiger partial charge in [0.1, 0.15) is 0 Å². The number of hydrogen-bond acceptors (Lipinski definition) is 4. The number of carbonyl (C=O) groups is 1. The number of aromatic nitrogens is 1. The molecule has 0 aliphatic rings. The second-order valence-electron chi connectivity index (χ2n) is 4.18. The molecular formula is C12H20N4O. The molecule has 1 aromatic rings. The second kappa shape index (κ2) is 6.98. The highest BCUT2D eigenvalue weighted by Crippen LogP contribution is 2.03. The minimum Gasteiger partial charge on any atom is -0.336 e. The molecule has 1 amide bonds. The van der Waals surface area contributed by atoms with Gasteiger partial charge in [0.15, 0.2) is 0 Å². The number of hydrogen-bond donors (Lipinski definition) is 1. The minimum atomic E-state index is -0.0244. The van der Waals surface area contributed by atoms with Crippen LogP contribution in [0, 0.1) is 0 Å². The van der Waals surface area contributed by atoms with Gasteiger partial charge in [0.25, 0.3) is 0 Å². The van der Waals surface area contributed by atoms with Crippen molar-refractivity contribution in [3.8, 4) is 0 Å². The highest BCUT2D eigenvalue weighted by molar-refractivity contribution is 5.78. The number of nitrogens with zero attached hydrogens (tertiary/aromatic N) is 3. The number of likely N-dealkylation sites (N-methyl/N-ethyl adjacent to an activating group) is 1. The SMILES string of the molecule is CN(C)CCN(Cc1ccncc1)C(=O)CN. The molecule has 5 heteroatoms. The lowest BCUT2D eigenvalue weighted by molar-refractivity contribution is -0.130. The maximum Gasteiger partial charge on any atom is 0.236 e. The molecule has 0 bridgehead atoms. The molecule has 94 valence electrons.